The fourth-order valence-corrected chi connectivity index (χ4v) is 2.35. The van der Waals surface area contributed by atoms with Crippen LogP contribution in [0.4, 0.5) is 4.79 Å². The summed E-state index contributed by atoms with van der Waals surface area (Å²) >= 11 is 0. The van der Waals surface area contributed by atoms with Crippen LogP contribution >= 0.6 is 0 Å². The molecular weight excluding hydrogens is 282 g/mol. The lowest BCUT2D eigenvalue weighted by Gasteiger charge is -2.35. The molecule has 1 saturated heterocycles. The highest BCUT2D eigenvalue weighted by Gasteiger charge is 2.35. The highest BCUT2D eigenvalue weighted by molar-refractivity contribution is 6.01. The third-order valence-electron chi connectivity index (χ3n) is 3.36. The van der Waals surface area contributed by atoms with Crippen LogP contribution in [0.2, 0.25) is 0 Å². The first-order chi connectivity index (χ1) is 10.3. The topological polar surface area (TPSA) is 55.8 Å². The minimum atomic E-state index is -0.634. The molecule has 1 atom stereocenters. The van der Waals surface area contributed by atoms with Gasteiger partial charge < -0.3 is 9.47 Å². The first-order valence-corrected chi connectivity index (χ1v) is 7.46. The van der Waals surface area contributed by atoms with Crippen LogP contribution < -0.4 is 0 Å². The second-order valence-electron chi connectivity index (χ2n) is 6.50. The quantitative estimate of drug-likeness (QED) is 0.788. The van der Waals surface area contributed by atoms with Gasteiger partial charge in [-0.2, -0.15) is 0 Å². The predicted octanol–water partition coefficient (Wildman–Crippen LogP) is 2.81. The Hall–Kier alpha value is -1.88. The van der Waals surface area contributed by atoms with Gasteiger partial charge in [-0.1, -0.05) is 23.8 Å². The van der Waals surface area contributed by atoms with Crippen LogP contribution in [0.3, 0.4) is 0 Å². The molecule has 0 N–H and O–H groups in total. The van der Waals surface area contributed by atoms with E-state index < -0.39 is 17.7 Å². The zero-order valence-electron chi connectivity index (χ0n) is 13.6. The Bertz CT molecular complexity index is 562. The van der Waals surface area contributed by atoms with Gasteiger partial charge in [-0.15, -0.1) is 0 Å². The number of rotatable bonds is 2. The van der Waals surface area contributed by atoms with Gasteiger partial charge in [0.2, 0.25) is 0 Å². The number of hydrogen-bond acceptors (Lipinski definition) is 4. The smallest absolute Gasteiger partial charge is 0.411 e. The molecule has 22 heavy (non-hydrogen) atoms. The van der Waals surface area contributed by atoms with Gasteiger partial charge in [-0.05, 0) is 33.8 Å². The van der Waals surface area contributed by atoms with E-state index in [9.17, 15) is 9.59 Å². The van der Waals surface area contributed by atoms with Crippen molar-refractivity contribution >= 4 is 11.9 Å². The van der Waals surface area contributed by atoms with Crippen molar-refractivity contribution in [2.45, 2.75) is 39.3 Å². The lowest BCUT2D eigenvalue weighted by atomic mass is 10.0. The van der Waals surface area contributed by atoms with Gasteiger partial charge >= 0.3 is 6.09 Å². The van der Waals surface area contributed by atoms with Crippen LogP contribution in [0.15, 0.2) is 24.3 Å². The highest BCUT2D eigenvalue weighted by atomic mass is 16.6. The maximum Gasteiger partial charge on any atom is 0.411 e. The van der Waals surface area contributed by atoms with Crippen molar-refractivity contribution in [2.24, 2.45) is 0 Å². The van der Waals surface area contributed by atoms with E-state index in [4.69, 9.17) is 9.47 Å². The number of amides is 1. The molecule has 0 spiro atoms. The molecule has 1 amide bonds. The Balaban J connectivity index is 2.19. The van der Waals surface area contributed by atoms with Crippen LogP contribution in [0.25, 0.3) is 0 Å². The molecule has 0 radical (unpaired) electrons. The molecule has 1 heterocycles. The Morgan fingerprint density at radius 1 is 1.32 bits per heavy atom. The number of ketones is 1. The summed E-state index contributed by atoms with van der Waals surface area (Å²) in [4.78, 5) is 26.5. The molecule has 1 aromatic carbocycles. The third kappa shape index (κ3) is 4.07. The Morgan fingerprint density at radius 2 is 2.05 bits per heavy atom. The van der Waals surface area contributed by atoms with Crippen molar-refractivity contribution in [3.63, 3.8) is 0 Å². The van der Waals surface area contributed by atoms with E-state index >= 15 is 0 Å². The fraction of sp³-hybridized carbons (Fsp3) is 0.529. The van der Waals surface area contributed by atoms with Crippen molar-refractivity contribution in [3.05, 3.63) is 35.4 Å². The molecule has 0 bridgehead atoms. The minimum absolute atomic E-state index is 0.116. The molecule has 1 aliphatic heterocycles. The van der Waals surface area contributed by atoms with E-state index in [0.717, 1.165) is 5.56 Å². The summed E-state index contributed by atoms with van der Waals surface area (Å²) in [6, 6.07) is 6.72. The second kappa shape index (κ2) is 6.48. The number of ether oxygens (including phenoxy) is 2. The van der Waals surface area contributed by atoms with Crippen molar-refractivity contribution < 1.29 is 19.1 Å². The van der Waals surface area contributed by atoms with Crippen molar-refractivity contribution in [1.82, 2.24) is 4.90 Å². The lowest BCUT2D eigenvalue weighted by molar-refractivity contribution is -0.0265. The van der Waals surface area contributed by atoms with E-state index in [-0.39, 0.29) is 12.4 Å². The SMILES string of the molecule is Cc1cccc(C(=O)C2COCCN2C(=O)OC(C)(C)C)c1. The van der Waals surface area contributed by atoms with E-state index in [1.807, 2.05) is 45.9 Å². The third-order valence-corrected chi connectivity index (χ3v) is 3.36. The number of benzene rings is 1. The van der Waals surface area contributed by atoms with E-state index in [1.54, 1.807) is 6.07 Å². The van der Waals surface area contributed by atoms with Crippen LogP contribution in [0.1, 0.15) is 36.7 Å². The van der Waals surface area contributed by atoms with Crippen LogP contribution in [0.5, 0.6) is 0 Å². The maximum absolute atomic E-state index is 12.7. The average Bonchev–Trinajstić information content (AvgIpc) is 2.44. The van der Waals surface area contributed by atoms with E-state index in [2.05, 4.69) is 0 Å². The fourth-order valence-electron chi connectivity index (χ4n) is 2.35. The predicted molar refractivity (Wildman–Crippen MR) is 83.1 cm³/mol. The van der Waals surface area contributed by atoms with Gasteiger partial charge in [-0.25, -0.2) is 4.79 Å². The number of Topliss-reactive ketones (excluding diaryl/α,β-unsaturated/α-hetero) is 1. The Labute approximate surface area is 131 Å². The van der Waals surface area contributed by atoms with Gasteiger partial charge in [-0.3, -0.25) is 9.69 Å². The van der Waals surface area contributed by atoms with Gasteiger partial charge in [0.1, 0.15) is 11.6 Å². The molecule has 120 valence electrons. The van der Waals surface area contributed by atoms with Crippen LogP contribution in [-0.2, 0) is 9.47 Å². The highest BCUT2D eigenvalue weighted by Crippen LogP contribution is 2.18. The largest absolute Gasteiger partial charge is 0.444 e. The molecule has 1 fully saturated rings. The minimum Gasteiger partial charge on any atom is -0.444 e. The van der Waals surface area contributed by atoms with Crippen LogP contribution in [-0.4, -0.2) is 48.2 Å². The molecule has 5 heteroatoms. The van der Waals surface area contributed by atoms with Gasteiger partial charge in [0.05, 0.1) is 13.2 Å². The summed E-state index contributed by atoms with van der Waals surface area (Å²) < 4.78 is 10.8. The standard InChI is InChI=1S/C17H23NO4/c1-12-6-5-7-13(10-12)15(19)14-11-21-9-8-18(14)16(20)22-17(2,3)4/h5-7,10,14H,8-9,11H2,1-4H3. The molecule has 2 rings (SSSR count). The maximum atomic E-state index is 12.7. The Morgan fingerprint density at radius 3 is 2.68 bits per heavy atom. The monoisotopic (exact) mass is 305 g/mol. The molecule has 0 aliphatic carbocycles. The average molecular weight is 305 g/mol. The first kappa shape index (κ1) is 16.5. The summed E-state index contributed by atoms with van der Waals surface area (Å²) in [5, 5.41) is 0. The number of aryl methyl sites for hydroxylation is 1. The molecular formula is C17H23NO4. The van der Waals surface area contributed by atoms with Gasteiger partial charge in [0, 0.05) is 12.1 Å². The summed E-state index contributed by atoms with van der Waals surface area (Å²) in [6.45, 7) is 8.33. The van der Waals surface area contributed by atoms with Crippen molar-refractivity contribution in [2.75, 3.05) is 19.8 Å². The first-order valence-electron chi connectivity index (χ1n) is 7.46. The molecule has 0 aromatic heterocycles. The summed E-state index contributed by atoms with van der Waals surface area (Å²) in [5.41, 5.74) is 1.00. The summed E-state index contributed by atoms with van der Waals surface area (Å²) in [7, 11) is 0. The van der Waals surface area contributed by atoms with Crippen molar-refractivity contribution in [3.8, 4) is 0 Å². The zero-order chi connectivity index (χ0) is 16.3. The van der Waals surface area contributed by atoms with E-state index in [0.29, 0.717) is 18.7 Å². The Kier molecular flexibility index (Phi) is 4.86. The van der Waals surface area contributed by atoms with E-state index in [1.165, 1.54) is 4.90 Å². The van der Waals surface area contributed by atoms with Gasteiger partial charge in [0.15, 0.2) is 5.78 Å². The molecule has 0 saturated carbocycles. The van der Waals surface area contributed by atoms with Gasteiger partial charge in [0.25, 0.3) is 0 Å². The van der Waals surface area contributed by atoms with Crippen molar-refractivity contribution in [1.29, 1.82) is 0 Å². The second-order valence-corrected chi connectivity index (χ2v) is 6.50. The number of carbonyl (C=O) groups excluding carboxylic acids is 2. The lowest BCUT2D eigenvalue weighted by Crippen LogP contribution is -2.53. The molecule has 1 unspecified atom stereocenters. The normalized spacial score (nSPS) is 18.9. The molecule has 5 nitrogen and oxygen atoms in total. The van der Waals surface area contributed by atoms with Crippen LogP contribution in [0, 0.1) is 6.92 Å². The number of carbonyl (C=O) groups is 2. The molecule has 1 aromatic rings. The molecule has 1 aliphatic rings. The zero-order valence-corrected chi connectivity index (χ0v) is 13.6. The summed E-state index contributed by atoms with van der Waals surface area (Å²) in [5.74, 6) is -0.116. The summed E-state index contributed by atoms with van der Waals surface area (Å²) in [6.07, 6.45) is -0.471. The number of morpholine rings is 1. The number of nitrogens with zero attached hydrogens (tertiary/aromatic N) is 1. The number of hydrogen-bond donors (Lipinski definition) is 0.